The normalized spacial score (nSPS) is 25.4. The van der Waals surface area contributed by atoms with Crippen LogP contribution in [0.4, 0.5) is 15.0 Å². The van der Waals surface area contributed by atoms with E-state index in [-0.39, 0.29) is 22.1 Å². The number of carboxylic acid groups (broad SMARTS) is 1. The van der Waals surface area contributed by atoms with Crippen molar-refractivity contribution in [2.24, 2.45) is 0 Å². The molecule has 2 amide bonds. The first-order valence-corrected chi connectivity index (χ1v) is 10.3. The molecule has 0 radical (unpaired) electrons. The van der Waals surface area contributed by atoms with Crippen LogP contribution in [0.2, 0.25) is 0 Å². The average molecular weight is 460 g/mol. The van der Waals surface area contributed by atoms with E-state index in [4.69, 9.17) is 9.84 Å². The van der Waals surface area contributed by atoms with Crippen molar-refractivity contribution < 1.29 is 39.1 Å². The number of aliphatic hydroxyl groups excluding tert-OH is 3. The Bertz CT molecular complexity index is 975. The molecule has 0 aromatic carbocycles. The van der Waals surface area contributed by atoms with Crippen LogP contribution in [-0.4, -0.2) is 95.3 Å². The summed E-state index contributed by atoms with van der Waals surface area (Å²) in [4.78, 5) is 35.9. The first-order chi connectivity index (χ1) is 14.7. The SMILES string of the molecule is CSc1nc(NC(=O)NC(C(=O)O)C(C)O)c2ncn([C@@H]3O[C@H](CO)C(O)[C@@H]3F)c2n1. The van der Waals surface area contributed by atoms with Gasteiger partial charge in [-0.3, -0.25) is 9.88 Å². The van der Waals surface area contributed by atoms with Crippen molar-refractivity contribution in [1.82, 2.24) is 24.8 Å². The topological polar surface area (TPSA) is 192 Å². The Labute approximate surface area is 178 Å². The maximum atomic E-state index is 14.6. The van der Waals surface area contributed by atoms with Crippen molar-refractivity contribution in [3.8, 4) is 0 Å². The highest BCUT2D eigenvalue weighted by Gasteiger charge is 2.45. The molecule has 1 saturated heterocycles. The Hall–Kier alpha value is -2.59. The smallest absolute Gasteiger partial charge is 0.328 e. The highest BCUT2D eigenvalue weighted by Crippen LogP contribution is 2.34. The first kappa shape index (κ1) is 23.1. The number of urea groups is 1. The number of alkyl halides is 1. The van der Waals surface area contributed by atoms with E-state index in [9.17, 15) is 29.3 Å². The van der Waals surface area contributed by atoms with Gasteiger partial charge in [0, 0.05) is 0 Å². The molecule has 0 aliphatic carbocycles. The third-order valence-corrected chi connectivity index (χ3v) is 5.15. The number of nitrogens with one attached hydrogen (secondary N) is 2. The minimum Gasteiger partial charge on any atom is -0.480 e. The number of thioether (sulfide) groups is 1. The number of carbonyl (C=O) groups excluding carboxylic acids is 1. The molecule has 3 rings (SSSR count). The van der Waals surface area contributed by atoms with E-state index >= 15 is 0 Å². The Morgan fingerprint density at radius 3 is 2.68 bits per heavy atom. The highest BCUT2D eigenvalue weighted by atomic mass is 32.2. The van der Waals surface area contributed by atoms with Crippen molar-refractivity contribution in [3.05, 3.63) is 6.33 Å². The van der Waals surface area contributed by atoms with Gasteiger partial charge in [0.25, 0.3) is 0 Å². The summed E-state index contributed by atoms with van der Waals surface area (Å²) in [6.07, 6.45) is -4.38. The summed E-state index contributed by atoms with van der Waals surface area (Å²) in [7, 11) is 0. The predicted octanol–water partition coefficient (Wildman–Crippen LogP) is -0.908. The first-order valence-electron chi connectivity index (χ1n) is 9.03. The van der Waals surface area contributed by atoms with Gasteiger partial charge < -0.3 is 30.5 Å². The van der Waals surface area contributed by atoms with Crippen LogP contribution in [0.1, 0.15) is 13.2 Å². The number of anilines is 1. The molecule has 3 unspecified atom stereocenters. The van der Waals surface area contributed by atoms with Gasteiger partial charge in [-0.25, -0.2) is 28.9 Å². The van der Waals surface area contributed by atoms with E-state index in [0.717, 1.165) is 11.8 Å². The number of aliphatic carboxylic acids is 1. The summed E-state index contributed by atoms with van der Waals surface area (Å²) in [5, 5.41) is 42.4. The quantitative estimate of drug-likeness (QED) is 0.221. The van der Waals surface area contributed by atoms with Gasteiger partial charge in [-0.2, -0.15) is 0 Å². The predicted molar refractivity (Wildman–Crippen MR) is 104 cm³/mol. The Kier molecular flexibility index (Phi) is 6.90. The lowest BCUT2D eigenvalue weighted by molar-refractivity contribution is -0.141. The second-order valence-corrected chi connectivity index (χ2v) is 7.49. The van der Waals surface area contributed by atoms with Gasteiger partial charge in [0.05, 0.1) is 19.0 Å². The number of rotatable bonds is 7. The molecule has 1 aliphatic heterocycles. The van der Waals surface area contributed by atoms with Crippen LogP contribution in [0, 0.1) is 0 Å². The fourth-order valence-corrected chi connectivity index (χ4v) is 3.37. The molecular formula is C16H21FN6O7S. The molecule has 0 saturated carbocycles. The molecule has 6 N–H and O–H groups in total. The van der Waals surface area contributed by atoms with Crippen molar-refractivity contribution in [2.75, 3.05) is 18.2 Å². The number of fused-ring (bicyclic) bond motifs is 1. The lowest BCUT2D eigenvalue weighted by Crippen LogP contribution is -2.49. The molecule has 1 fully saturated rings. The molecule has 31 heavy (non-hydrogen) atoms. The van der Waals surface area contributed by atoms with E-state index in [1.54, 1.807) is 6.26 Å². The maximum absolute atomic E-state index is 14.6. The third-order valence-electron chi connectivity index (χ3n) is 4.60. The summed E-state index contributed by atoms with van der Waals surface area (Å²) in [6, 6.07) is -2.53. The van der Waals surface area contributed by atoms with Crippen LogP contribution in [0.3, 0.4) is 0 Å². The van der Waals surface area contributed by atoms with Crippen LogP contribution in [0.5, 0.6) is 0 Å². The third kappa shape index (κ3) is 4.54. The zero-order chi connectivity index (χ0) is 22.9. The minimum absolute atomic E-state index is 0.0506. The molecule has 13 nitrogen and oxygen atoms in total. The van der Waals surface area contributed by atoms with Crippen LogP contribution in [0.25, 0.3) is 11.2 Å². The van der Waals surface area contributed by atoms with Gasteiger partial charge in [0.2, 0.25) is 0 Å². The Morgan fingerprint density at radius 1 is 1.42 bits per heavy atom. The number of nitrogens with zero attached hydrogens (tertiary/aromatic N) is 4. The van der Waals surface area contributed by atoms with Gasteiger partial charge in [-0.15, -0.1) is 0 Å². The number of halogens is 1. The van der Waals surface area contributed by atoms with Crippen molar-refractivity contribution in [1.29, 1.82) is 0 Å². The molecule has 170 valence electrons. The van der Waals surface area contributed by atoms with Gasteiger partial charge >= 0.3 is 12.0 Å². The molecule has 2 aromatic rings. The lowest BCUT2D eigenvalue weighted by atomic mass is 10.1. The van der Waals surface area contributed by atoms with Gasteiger partial charge in [-0.1, -0.05) is 11.8 Å². The average Bonchev–Trinajstić information content (AvgIpc) is 3.26. The second kappa shape index (κ2) is 9.27. The standard InChI is InChI=1S/C16H21FN6O7S/c1-5(25)8(14(27)28)19-15(29)20-11-9-12(22-16(21-11)31-2)23(4-18-9)13-7(17)10(26)6(3-24)30-13/h4-8,10,13,24-26H,3H2,1-2H3,(H,27,28)(H2,19,20,21,22,29)/t5?,6-,7+,8?,10?,13-/m1/s1. The summed E-state index contributed by atoms with van der Waals surface area (Å²) >= 11 is 1.12. The fourth-order valence-electron chi connectivity index (χ4n) is 3.01. The molecule has 2 aromatic heterocycles. The number of amides is 2. The number of aliphatic hydroxyl groups is 3. The number of hydrogen-bond donors (Lipinski definition) is 6. The van der Waals surface area contributed by atoms with E-state index in [2.05, 4.69) is 25.6 Å². The molecule has 6 atom stereocenters. The number of hydrogen-bond acceptors (Lipinski definition) is 10. The highest BCUT2D eigenvalue weighted by molar-refractivity contribution is 7.98. The summed E-state index contributed by atoms with van der Waals surface area (Å²) in [5.41, 5.74) is 0.132. The maximum Gasteiger partial charge on any atom is 0.328 e. The monoisotopic (exact) mass is 460 g/mol. The Morgan fingerprint density at radius 2 is 2.13 bits per heavy atom. The number of aromatic nitrogens is 4. The fraction of sp³-hybridized carbons (Fsp3) is 0.562. The molecular weight excluding hydrogens is 439 g/mol. The van der Waals surface area contributed by atoms with Crippen molar-refractivity contribution in [3.63, 3.8) is 0 Å². The van der Waals surface area contributed by atoms with Crippen molar-refractivity contribution >= 4 is 40.7 Å². The molecule has 3 heterocycles. The van der Waals surface area contributed by atoms with Gasteiger partial charge in [0.15, 0.2) is 40.6 Å². The van der Waals surface area contributed by atoms with E-state index in [1.807, 2.05) is 0 Å². The number of ether oxygens (including phenoxy) is 1. The van der Waals surface area contributed by atoms with Crippen LogP contribution < -0.4 is 10.6 Å². The minimum atomic E-state index is -1.87. The number of imidazole rings is 1. The molecule has 15 heteroatoms. The molecule has 0 bridgehead atoms. The van der Waals surface area contributed by atoms with E-state index < -0.39 is 55.4 Å². The Balaban J connectivity index is 1.93. The van der Waals surface area contributed by atoms with Crippen LogP contribution >= 0.6 is 11.8 Å². The van der Waals surface area contributed by atoms with E-state index in [0.29, 0.717) is 0 Å². The van der Waals surface area contributed by atoms with Crippen LogP contribution in [-0.2, 0) is 9.53 Å². The summed E-state index contributed by atoms with van der Waals surface area (Å²) in [6.45, 7) is 0.620. The van der Waals surface area contributed by atoms with Crippen molar-refractivity contribution in [2.45, 2.75) is 48.8 Å². The number of carboxylic acids is 1. The zero-order valence-corrected chi connectivity index (χ0v) is 17.2. The van der Waals surface area contributed by atoms with Gasteiger partial charge in [-0.05, 0) is 13.2 Å². The number of carbonyl (C=O) groups is 2. The van der Waals surface area contributed by atoms with Crippen LogP contribution in [0.15, 0.2) is 11.5 Å². The second-order valence-electron chi connectivity index (χ2n) is 6.72. The van der Waals surface area contributed by atoms with Gasteiger partial charge in [0.1, 0.15) is 12.2 Å². The zero-order valence-electron chi connectivity index (χ0n) is 16.3. The lowest BCUT2D eigenvalue weighted by Gasteiger charge is -2.17. The molecule has 0 spiro atoms. The largest absolute Gasteiger partial charge is 0.480 e. The molecule has 1 aliphatic rings. The summed E-state index contributed by atoms with van der Waals surface area (Å²) < 4.78 is 21.1. The summed E-state index contributed by atoms with van der Waals surface area (Å²) in [5.74, 6) is -1.52. The van der Waals surface area contributed by atoms with E-state index in [1.165, 1.54) is 17.8 Å².